The van der Waals surface area contributed by atoms with Gasteiger partial charge in [0.1, 0.15) is 0 Å². The second-order valence-electron chi connectivity index (χ2n) is 0.408. The third-order valence-corrected chi connectivity index (χ3v) is 0. The van der Waals surface area contributed by atoms with Gasteiger partial charge in [-0.2, -0.15) is 0 Å². The summed E-state index contributed by atoms with van der Waals surface area (Å²) in [6, 6.07) is 0. The van der Waals surface area contributed by atoms with E-state index < -0.39 is 0 Å². The van der Waals surface area contributed by atoms with Crippen molar-refractivity contribution in [3.05, 3.63) is 12.7 Å². The Morgan fingerprint density at radius 2 is 1.60 bits per heavy atom. The van der Waals surface area contributed by atoms with Gasteiger partial charge in [-0.1, -0.05) is 6.08 Å². The molecule has 0 spiro atoms. The van der Waals surface area contributed by atoms with Crippen LogP contribution in [0.5, 0.6) is 0 Å². The molecule has 0 aliphatic carbocycles. The van der Waals surface area contributed by atoms with E-state index in [-0.39, 0.29) is 0 Å². The number of hydrogen-bond donors (Lipinski definition) is 1. The van der Waals surface area contributed by atoms with Crippen molar-refractivity contribution in [2.75, 3.05) is 0 Å². The Kier molecular flexibility index (Phi) is 208. The van der Waals surface area contributed by atoms with E-state index in [0.29, 0.717) is 0 Å². The van der Waals surface area contributed by atoms with Crippen molar-refractivity contribution in [3.63, 3.8) is 0 Å². The lowest BCUT2D eigenvalue weighted by atomic mass is 10.8. The SMILES string of the molecule is C=CC.C=N. The van der Waals surface area contributed by atoms with Gasteiger partial charge in [-0.05, 0) is 13.6 Å². The van der Waals surface area contributed by atoms with E-state index in [0.717, 1.165) is 0 Å². The van der Waals surface area contributed by atoms with E-state index >= 15 is 0 Å². The molecule has 1 nitrogen and oxygen atoms in total. The molecule has 30 valence electrons. The van der Waals surface area contributed by atoms with Crippen LogP contribution in [-0.4, -0.2) is 6.72 Å². The minimum Gasteiger partial charge on any atom is -0.317 e. The Morgan fingerprint density at radius 3 is 1.60 bits per heavy atom. The molecular weight excluding hydrogens is 62.1 g/mol. The predicted octanol–water partition coefficient (Wildman–Crippen LogP) is 1.46. The lowest BCUT2D eigenvalue weighted by Crippen LogP contribution is -1.07. The van der Waals surface area contributed by atoms with Crippen molar-refractivity contribution in [1.29, 1.82) is 5.41 Å². The molecule has 0 radical (unpaired) electrons. The second-order valence-corrected chi connectivity index (χ2v) is 0.408. The summed E-state index contributed by atoms with van der Waals surface area (Å²) in [7, 11) is 0. The Labute approximate surface area is 32.8 Å². The van der Waals surface area contributed by atoms with Crippen molar-refractivity contribution >= 4 is 6.72 Å². The monoisotopic (exact) mass is 71.1 g/mol. The van der Waals surface area contributed by atoms with Gasteiger partial charge in [0.05, 0.1) is 0 Å². The number of nitrogens with one attached hydrogen (secondary N) is 1. The minimum atomic E-state index is 1.75. The van der Waals surface area contributed by atoms with E-state index in [1.807, 2.05) is 6.92 Å². The summed E-state index contributed by atoms with van der Waals surface area (Å²) in [5.41, 5.74) is 0. The fraction of sp³-hybridized carbons (Fsp3) is 0.250. The Morgan fingerprint density at radius 1 is 1.60 bits per heavy atom. The highest BCUT2D eigenvalue weighted by Gasteiger charge is 1.15. The lowest BCUT2D eigenvalue weighted by molar-refractivity contribution is 1.61. The van der Waals surface area contributed by atoms with E-state index in [1.54, 1.807) is 6.08 Å². The molecule has 0 fully saturated rings. The molecule has 0 rings (SSSR count). The predicted molar refractivity (Wildman–Crippen MR) is 25.7 cm³/mol. The molecule has 0 unspecified atom stereocenters. The Hall–Kier alpha value is -0.590. The summed E-state index contributed by atoms with van der Waals surface area (Å²) >= 11 is 0. The summed E-state index contributed by atoms with van der Waals surface area (Å²) in [6.07, 6.45) is 1.75. The average molecular weight is 71.1 g/mol. The van der Waals surface area contributed by atoms with Crippen molar-refractivity contribution in [3.8, 4) is 0 Å². The normalized spacial score (nSPS) is 3.40. The van der Waals surface area contributed by atoms with Crippen LogP contribution in [0.15, 0.2) is 12.7 Å². The summed E-state index contributed by atoms with van der Waals surface area (Å²) < 4.78 is 0. The van der Waals surface area contributed by atoms with Crippen LogP contribution in [0.1, 0.15) is 6.92 Å². The van der Waals surface area contributed by atoms with E-state index in [9.17, 15) is 0 Å². The number of allylic oxidation sites excluding steroid dienone is 1. The average Bonchev–Trinajstić information content (AvgIpc) is 1.46. The van der Waals surface area contributed by atoms with Crippen molar-refractivity contribution in [2.24, 2.45) is 0 Å². The topological polar surface area (TPSA) is 23.9 Å². The fourth-order valence-corrected chi connectivity index (χ4v) is 0. The van der Waals surface area contributed by atoms with Crippen molar-refractivity contribution < 1.29 is 0 Å². The highest BCUT2D eigenvalue weighted by atomic mass is 14.2. The van der Waals surface area contributed by atoms with Gasteiger partial charge in [-0.3, -0.25) is 0 Å². The standard InChI is InChI=1S/C3H6.CH3N/c1-3-2;1-2/h3H,1H2,2H3;2H,1H2. The molecule has 0 amide bonds. The molecule has 0 atom stereocenters. The first kappa shape index (κ1) is 8.83. The molecule has 1 heteroatoms. The summed E-state index contributed by atoms with van der Waals surface area (Å²) in [5, 5.41) is 5.50. The van der Waals surface area contributed by atoms with Gasteiger partial charge in [0.2, 0.25) is 0 Å². The molecule has 0 aromatic carbocycles. The van der Waals surface area contributed by atoms with Gasteiger partial charge in [-0.25, -0.2) is 0 Å². The van der Waals surface area contributed by atoms with Gasteiger partial charge in [0.25, 0.3) is 0 Å². The molecule has 0 aliphatic heterocycles. The Balaban J connectivity index is 0. The van der Waals surface area contributed by atoms with Crippen LogP contribution in [0.25, 0.3) is 0 Å². The third kappa shape index (κ3) is 19.5. The van der Waals surface area contributed by atoms with E-state index in [4.69, 9.17) is 5.41 Å². The maximum atomic E-state index is 5.50. The maximum absolute atomic E-state index is 5.50. The zero-order valence-electron chi connectivity index (χ0n) is 3.49. The lowest BCUT2D eigenvalue weighted by Gasteiger charge is -1.31. The van der Waals surface area contributed by atoms with Crippen LogP contribution < -0.4 is 0 Å². The highest BCUT2D eigenvalue weighted by Crippen LogP contribution is 1.38. The van der Waals surface area contributed by atoms with Gasteiger partial charge in [-0.15, -0.1) is 6.58 Å². The first-order chi connectivity index (χ1) is 2.41. The molecule has 0 heterocycles. The second kappa shape index (κ2) is 118. The number of rotatable bonds is 0. The Bertz CT molecular complexity index is 17.6. The maximum Gasteiger partial charge on any atom is -0.0187 e. The van der Waals surface area contributed by atoms with Crippen LogP contribution in [0.2, 0.25) is 0 Å². The van der Waals surface area contributed by atoms with Gasteiger partial charge < -0.3 is 5.41 Å². The fourth-order valence-electron chi connectivity index (χ4n) is 0. The van der Waals surface area contributed by atoms with Crippen LogP contribution >= 0.6 is 0 Å². The molecular formula is C4H9N. The molecule has 5 heavy (non-hydrogen) atoms. The van der Waals surface area contributed by atoms with Crippen LogP contribution in [0, 0.1) is 5.41 Å². The minimum absolute atomic E-state index is 1.75. The summed E-state index contributed by atoms with van der Waals surface area (Å²) in [5.74, 6) is 0. The van der Waals surface area contributed by atoms with Crippen LogP contribution in [0.3, 0.4) is 0 Å². The highest BCUT2D eigenvalue weighted by molar-refractivity contribution is 5.15. The zero-order valence-corrected chi connectivity index (χ0v) is 3.49. The van der Waals surface area contributed by atoms with Crippen molar-refractivity contribution in [2.45, 2.75) is 6.92 Å². The van der Waals surface area contributed by atoms with E-state index in [2.05, 4.69) is 13.3 Å². The molecule has 0 aliphatic rings. The zero-order chi connectivity index (χ0) is 4.71. The third-order valence-electron chi connectivity index (χ3n) is 0. The molecule has 0 bridgehead atoms. The molecule has 1 N–H and O–H groups in total. The number of hydrogen-bond acceptors (Lipinski definition) is 1. The summed E-state index contributed by atoms with van der Waals surface area (Å²) in [6.45, 7) is 7.75. The van der Waals surface area contributed by atoms with Crippen LogP contribution in [-0.2, 0) is 0 Å². The quantitative estimate of drug-likeness (QED) is 0.330. The molecule has 0 aromatic heterocycles. The van der Waals surface area contributed by atoms with Crippen LogP contribution in [0.4, 0.5) is 0 Å². The largest absolute Gasteiger partial charge is 0.317 e. The first-order valence-electron chi connectivity index (χ1n) is 1.34. The molecule has 0 aromatic rings. The van der Waals surface area contributed by atoms with Crippen molar-refractivity contribution in [1.82, 2.24) is 0 Å². The van der Waals surface area contributed by atoms with Gasteiger partial charge >= 0.3 is 0 Å². The van der Waals surface area contributed by atoms with E-state index in [1.165, 1.54) is 0 Å². The summed E-state index contributed by atoms with van der Waals surface area (Å²) in [4.78, 5) is 0. The van der Waals surface area contributed by atoms with Gasteiger partial charge in [0.15, 0.2) is 0 Å². The first-order valence-corrected chi connectivity index (χ1v) is 1.34. The smallest absolute Gasteiger partial charge is 0.0187 e. The molecule has 0 saturated carbocycles. The molecule has 0 saturated heterocycles. The van der Waals surface area contributed by atoms with Gasteiger partial charge in [0, 0.05) is 0 Å².